The summed E-state index contributed by atoms with van der Waals surface area (Å²) in [6.45, 7) is 2.68. The largest absolute Gasteiger partial charge is 0.370 e. The van der Waals surface area contributed by atoms with Crippen LogP contribution in [0.5, 0.6) is 0 Å². The molecule has 0 radical (unpaired) electrons. The van der Waals surface area contributed by atoms with Gasteiger partial charge in [0.1, 0.15) is 0 Å². The highest BCUT2D eigenvalue weighted by Gasteiger charge is 2.33. The van der Waals surface area contributed by atoms with Gasteiger partial charge >= 0.3 is 6.03 Å². The van der Waals surface area contributed by atoms with E-state index in [9.17, 15) is 4.79 Å². The number of pyridine rings is 1. The van der Waals surface area contributed by atoms with Crippen LogP contribution in [0.25, 0.3) is 0 Å². The number of carbonyl (C=O) groups excluding carboxylic acids is 1. The molecule has 2 amide bonds. The number of urea groups is 1. The molecule has 2 heterocycles. The standard InChI is InChI=1S/C21H26N4O/c26-21(25(18-11-12-18)16-17-8-4-5-13-22-17)23-19-9-2-3-10-20(19)24-14-6-1-7-15-24/h2-5,8-10,13,18H,1,6-7,11-12,14-16H2,(H,23,26). The van der Waals surface area contributed by atoms with Gasteiger partial charge in [0.2, 0.25) is 0 Å². The summed E-state index contributed by atoms with van der Waals surface area (Å²) in [6.07, 6.45) is 7.67. The van der Waals surface area contributed by atoms with Crippen molar-refractivity contribution in [2.45, 2.75) is 44.7 Å². The van der Waals surface area contributed by atoms with Crippen molar-refractivity contribution in [2.75, 3.05) is 23.3 Å². The number of nitrogens with zero attached hydrogens (tertiary/aromatic N) is 3. The molecule has 2 aromatic rings. The number of nitrogens with one attached hydrogen (secondary N) is 1. The molecular weight excluding hydrogens is 324 g/mol. The number of rotatable bonds is 5. The maximum Gasteiger partial charge on any atom is 0.322 e. The maximum absolute atomic E-state index is 13.0. The van der Waals surface area contributed by atoms with Gasteiger partial charge in [0.15, 0.2) is 0 Å². The van der Waals surface area contributed by atoms with Crippen LogP contribution in [0.4, 0.5) is 16.2 Å². The van der Waals surface area contributed by atoms with Crippen molar-refractivity contribution in [2.24, 2.45) is 0 Å². The molecular formula is C21H26N4O. The van der Waals surface area contributed by atoms with Crippen LogP contribution in [0.2, 0.25) is 0 Å². The molecule has 26 heavy (non-hydrogen) atoms. The number of hydrogen-bond acceptors (Lipinski definition) is 3. The lowest BCUT2D eigenvalue weighted by atomic mass is 10.1. The Morgan fingerprint density at radius 3 is 2.58 bits per heavy atom. The lowest BCUT2D eigenvalue weighted by Crippen LogP contribution is -2.37. The smallest absolute Gasteiger partial charge is 0.322 e. The van der Waals surface area contributed by atoms with E-state index in [1.54, 1.807) is 6.20 Å². The lowest BCUT2D eigenvalue weighted by Gasteiger charge is -2.31. The number of para-hydroxylation sites is 2. The minimum absolute atomic E-state index is 0.0254. The molecule has 1 N–H and O–H groups in total. The first-order valence-corrected chi connectivity index (χ1v) is 9.63. The van der Waals surface area contributed by atoms with E-state index < -0.39 is 0 Å². The van der Waals surface area contributed by atoms with Crippen LogP contribution in [-0.2, 0) is 6.54 Å². The van der Waals surface area contributed by atoms with Gasteiger partial charge in [0.05, 0.1) is 23.6 Å². The normalized spacial score (nSPS) is 17.0. The van der Waals surface area contributed by atoms with Crippen molar-refractivity contribution >= 4 is 17.4 Å². The molecule has 1 aromatic carbocycles. The number of anilines is 2. The summed E-state index contributed by atoms with van der Waals surface area (Å²) in [5, 5.41) is 3.17. The topological polar surface area (TPSA) is 48.5 Å². The second kappa shape index (κ2) is 7.77. The van der Waals surface area contributed by atoms with Gasteiger partial charge in [0, 0.05) is 25.3 Å². The molecule has 0 atom stereocenters. The van der Waals surface area contributed by atoms with E-state index in [1.807, 2.05) is 41.3 Å². The molecule has 5 nitrogen and oxygen atoms in total. The molecule has 2 aliphatic rings. The van der Waals surface area contributed by atoms with E-state index in [-0.39, 0.29) is 6.03 Å². The number of aromatic nitrogens is 1. The van der Waals surface area contributed by atoms with E-state index >= 15 is 0 Å². The van der Waals surface area contributed by atoms with Gasteiger partial charge < -0.3 is 15.1 Å². The summed E-state index contributed by atoms with van der Waals surface area (Å²) in [7, 11) is 0. The SMILES string of the molecule is O=C(Nc1ccccc1N1CCCCC1)N(Cc1ccccn1)C1CC1. The summed E-state index contributed by atoms with van der Waals surface area (Å²) >= 11 is 0. The van der Waals surface area contributed by atoms with Crippen molar-refractivity contribution in [1.82, 2.24) is 9.88 Å². The van der Waals surface area contributed by atoms with Crippen LogP contribution < -0.4 is 10.2 Å². The zero-order valence-electron chi connectivity index (χ0n) is 15.1. The van der Waals surface area contributed by atoms with Gasteiger partial charge in [-0.25, -0.2) is 4.79 Å². The number of benzene rings is 1. The molecule has 1 saturated heterocycles. The predicted molar refractivity (Wildman–Crippen MR) is 104 cm³/mol. The summed E-state index contributed by atoms with van der Waals surface area (Å²) in [5.74, 6) is 0. The Morgan fingerprint density at radius 1 is 1.08 bits per heavy atom. The zero-order chi connectivity index (χ0) is 17.8. The van der Waals surface area contributed by atoms with Gasteiger partial charge in [0.25, 0.3) is 0 Å². The number of piperidine rings is 1. The Bertz CT molecular complexity index is 739. The fourth-order valence-electron chi connectivity index (χ4n) is 3.60. The third kappa shape index (κ3) is 3.98. The Hall–Kier alpha value is -2.56. The third-order valence-electron chi connectivity index (χ3n) is 5.15. The van der Waals surface area contributed by atoms with Gasteiger partial charge in [-0.3, -0.25) is 4.98 Å². The van der Waals surface area contributed by atoms with E-state index in [0.717, 1.165) is 43.0 Å². The van der Waals surface area contributed by atoms with E-state index in [0.29, 0.717) is 12.6 Å². The number of carbonyl (C=O) groups is 1. The highest BCUT2D eigenvalue weighted by atomic mass is 16.2. The second-order valence-corrected chi connectivity index (χ2v) is 7.18. The van der Waals surface area contributed by atoms with Gasteiger partial charge in [-0.2, -0.15) is 0 Å². The predicted octanol–water partition coefficient (Wildman–Crippen LogP) is 4.27. The Morgan fingerprint density at radius 2 is 1.85 bits per heavy atom. The van der Waals surface area contributed by atoms with Crippen LogP contribution in [0.3, 0.4) is 0 Å². The summed E-state index contributed by atoms with van der Waals surface area (Å²) in [5.41, 5.74) is 2.97. The molecule has 4 rings (SSSR count). The van der Waals surface area contributed by atoms with Crippen LogP contribution >= 0.6 is 0 Å². The first-order chi connectivity index (χ1) is 12.8. The Kier molecular flexibility index (Phi) is 5.04. The molecule has 0 spiro atoms. The average molecular weight is 350 g/mol. The molecule has 1 aliphatic heterocycles. The van der Waals surface area contributed by atoms with Gasteiger partial charge in [-0.15, -0.1) is 0 Å². The first kappa shape index (κ1) is 16.9. The minimum Gasteiger partial charge on any atom is -0.370 e. The average Bonchev–Trinajstić information content (AvgIpc) is 3.53. The summed E-state index contributed by atoms with van der Waals surface area (Å²) in [6, 6.07) is 14.3. The van der Waals surface area contributed by atoms with Crippen LogP contribution in [0.1, 0.15) is 37.8 Å². The monoisotopic (exact) mass is 350 g/mol. The van der Waals surface area contributed by atoms with E-state index in [4.69, 9.17) is 0 Å². The first-order valence-electron chi connectivity index (χ1n) is 9.63. The van der Waals surface area contributed by atoms with Crippen LogP contribution in [0.15, 0.2) is 48.7 Å². The molecule has 136 valence electrons. The summed E-state index contributed by atoms with van der Waals surface area (Å²) in [4.78, 5) is 21.7. The fraction of sp³-hybridized carbons (Fsp3) is 0.429. The number of amides is 2. The van der Waals surface area contributed by atoms with E-state index in [1.165, 1.54) is 19.3 Å². The highest BCUT2D eigenvalue weighted by molar-refractivity contribution is 5.93. The second-order valence-electron chi connectivity index (χ2n) is 7.18. The Labute approximate surface area is 155 Å². The molecule has 1 saturated carbocycles. The zero-order valence-corrected chi connectivity index (χ0v) is 15.1. The maximum atomic E-state index is 13.0. The van der Waals surface area contributed by atoms with Crippen molar-refractivity contribution in [3.63, 3.8) is 0 Å². The summed E-state index contributed by atoms with van der Waals surface area (Å²) < 4.78 is 0. The molecule has 1 aromatic heterocycles. The number of hydrogen-bond donors (Lipinski definition) is 1. The van der Waals surface area contributed by atoms with Crippen LogP contribution in [0, 0.1) is 0 Å². The quantitative estimate of drug-likeness (QED) is 0.876. The molecule has 5 heteroatoms. The van der Waals surface area contributed by atoms with Gasteiger partial charge in [-0.1, -0.05) is 18.2 Å². The minimum atomic E-state index is -0.0254. The molecule has 1 aliphatic carbocycles. The van der Waals surface area contributed by atoms with Crippen molar-refractivity contribution in [3.05, 3.63) is 54.4 Å². The molecule has 0 bridgehead atoms. The third-order valence-corrected chi connectivity index (χ3v) is 5.15. The highest BCUT2D eigenvalue weighted by Crippen LogP contribution is 2.31. The molecule has 2 fully saturated rings. The van der Waals surface area contributed by atoms with Gasteiger partial charge in [-0.05, 0) is 56.4 Å². The molecule has 0 unspecified atom stereocenters. The lowest BCUT2D eigenvalue weighted by molar-refractivity contribution is 0.205. The van der Waals surface area contributed by atoms with E-state index in [2.05, 4.69) is 21.3 Å². The van der Waals surface area contributed by atoms with Crippen molar-refractivity contribution in [3.8, 4) is 0 Å². The fourth-order valence-corrected chi connectivity index (χ4v) is 3.60. The van der Waals surface area contributed by atoms with Crippen LogP contribution in [-0.4, -0.2) is 35.0 Å². The Balaban J connectivity index is 1.49. The van der Waals surface area contributed by atoms with Crippen molar-refractivity contribution in [1.29, 1.82) is 0 Å². The van der Waals surface area contributed by atoms with Crippen molar-refractivity contribution < 1.29 is 4.79 Å².